The molecule has 2 rings (SSSR count). The second kappa shape index (κ2) is 4.03. The zero-order valence-corrected chi connectivity index (χ0v) is 9.67. The Kier molecular flexibility index (Phi) is 2.73. The number of rotatable bonds is 2. The summed E-state index contributed by atoms with van der Waals surface area (Å²) in [5, 5.41) is 1.94. The van der Waals surface area contributed by atoms with Crippen molar-refractivity contribution in [2.75, 3.05) is 0 Å². The van der Waals surface area contributed by atoms with Crippen molar-refractivity contribution in [1.82, 2.24) is 4.57 Å². The first-order valence-electron chi connectivity index (χ1n) is 4.99. The summed E-state index contributed by atoms with van der Waals surface area (Å²) in [6.07, 6.45) is 0.882. The summed E-state index contributed by atoms with van der Waals surface area (Å²) in [6.45, 7) is 4.09. The first kappa shape index (κ1) is 10.2. The normalized spacial score (nSPS) is 10.5. The summed E-state index contributed by atoms with van der Waals surface area (Å²) in [6, 6.07) is 7.97. The molecule has 1 aromatic carbocycles. The number of para-hydroxylation sites is 1. The molecule has 3 heteroatoms. The highest BCUT2D eigenvalue weighted by Crippen LogP contribution is 2.15. The number of hydrogen-bond acceptors (Lipinski definition) is 2. The third kappa shape index (κ3) is 1.75. The summed E-state index contributed by atoms with van der Waals surface area (Å²) in [4.78, 5) is 11.8. The third-order valence-corrected chi connectivity index (χ3v) is 3.26. The van der Waals surface area contributed by atoms with Crippen LogP contribution in [0.5, 0.6) is 0 Å². The van der Waals surface area contributed by atoms with E-state index in [0.717, 1.165) is 23.4 Å². The largest absolute Gasteiger partial charge is 0.311 e. The van der Waals surface area contributed by atoms with E-state index in [1.54, 1.807) is 4.57 Å². The lowest BCUT2D eigenvalue weighted by Crippen LogP contribution is -2.14. The van der Waals surface area contributed by atoms with Crippen molar-refractivity contribution in [1.29, 1.82) is 0 Å². The van der Waals surface area contributed by atoms with E-state index in [2.05, 4.69) is 6.92 Å². The summed E-state index contributed by atoms with van der Waals surface area (Å²) >= 11 is 1.27. The molecule has 0 aliphatic rings. The first-order chi connectivity index (χ1) is 7.24. The van der Waals surface area contributed by atoms with Crippen molar-refractivity contribution in [3.05, 3.63) is 50.6 Å². The summed E-state index contributed by atoms with van der Waals surface area (Å²) < 4.78 is 1.81. The van der Waals surface area contributed by atoms with Crippen molar-refractivity contribution < 1.29 is 0 Å². The van der Waals surface area contributed by atoms with Crippen LogP contribution in [-0.2, 0) is 6.42 Å². The molecule has 0 bridgehead atoms. The monoisotopic (exact) mass is 219 g/mol. The number of hydrogen-bond donors (Lipinski definition) is 0. The van der Waals surface area contributed by atoms with E-state index in [1.807, 2.05) is 36.6 Å². The van der Waals surface area contributed by atoms with Crippen LogP contribution in [-0.4, -0.2) is 4.57 Å². The Morgan fingerprint density at radius 2 is 2.07 bits per heavy atom. The smallest absolute Gasteiger partial charge is 0.271 e. The van der Waals surface area contributed by atoms with Gasteiger partial charge in [-0.1, -0.05) is 36.5 Å². The topological polar surface area (TPSA) is 22.0 Å². The second-order valence-corrected chi connectivity index (χ2v) is 4.29. The van der Waals surface area contributed by atoms with Crippen molar-refractivity contribution in [2.24, 2.45) is 0 Å². The molecule has 0 spiro atoms. The number of aryl methyl sites for hydroxylation is 2. The maximum atomic E-state index is 11.7. The number of nitrogens with zero attached hydrogens (tertiary/aromatic N) is 1. The molecule has 0 saturated heterocycles. The summed E-state index contributed by atoms with van der Waals surface area (Å²) in [5.41, 5.74) is 3.22. The minimum Gasteiger partial charge on any atom is -0.271 e. The van der Waals surface area contributed by atoms with E-state index in [1.165, 1.54) is 11.3 Å². The van der Waals surface area contributed by atoms with Gasteiger partial charge in [0.15, 0.2) is 0 Å². The molecule has 2 aromatic rings. The van der Waals surface area contributed by atoms with Gasteiger partial charge in [-0.15, -0.1) is 0 Å². The van der Waals surface area contributed by atoms with Crippen LogP contribution in [0.1, 0.15) is 18.2 Å². The predicted molar refractivity (Wildman–Crippen MR) is 64.0 cm³/mol. The zero-order chi connectivity index (χ0) is 10.8. The molecule has 2 nitrogen and oxygen atoms in total. The SMILES string of the molecule is CCc1csc(=O)n1-c1ccccc1C. The maximum Gasteiger partial charge on any atom is 0.311 e. The molecule has 0 unspecified atom stereocenters. The molecular weight excluding hydrogens is 206 g/mol. The van der Waals surface area contributed by atoms with Crippen molar-refractivity contribution in [3.8, 4) is 5.69 Å². The highest BCUT2D eigenvalue weighted by Gasteiger charge is 2.08. The second-order valence-electron chi connectivity index (χ2n) is 3.47. The van der Waals surface area contributed by atoms with E-state index in [-0.39, 0.29) is 4.87 Å². The molecular formula is C12H13NOS. The zero-order valence-electron chi connectivity index (χ0n) is 8.86. The Hall–Kier alpha value is -1.35. The molecule has 1 heterocycles. The van der Waals surface area contributed by atoms with Gasteiger partial charge in [-0.05, 0) is 25.0 Å². The highest BCUT2D eigenvalue weighted by molar-refractivity contribution is 7.07. The number of aromatic nitrogens is 1. The van der Waals surface area contributed by atoms with Gasteiger partial charge in [0.25, 0.3) is 0 Å². The third-order valence-electron chi connectivity index (χ3n) is 2.48. The van der Waals surface area contributed by atoms with E-state index in [0.29, 0.717) is 0 Å². The molecule has 78 valence electrons. The van der Waals surface area contributed by atoms with Crippen LogP contribution in [0.15, 0.2) is 34.4 Å². The Labute approximate surface area is 92.8 Å². The molecule has 1 aromatic heterocycles. The van der Waals surface area contributed by atoms with E-state index in [9.17, 15) is 4.79 Å². The standard InChI is InChI=1S/C12H13NOS/c1-3-10-8-15-12(14)13(10)11-7-5-4-6-9(11)2/h4-8H,3H2,1-2H3. The van der Waals surface area contributed by atoms with Crippen molar-refractivity contribution >= 4 is 11.3 Å². The quantitative estimate of drug-likeness (QED) is 0.761. The van der Waals surface area contributed by atoms with Crippen LogP contribution in [0, 0.1) is 6.92 Å². The van der Waals surface area contributed by atoms with Gasteiger partial charge in [0.05, 0.1) is 5.69 Å². The van der Waals surface area contributed by atoms with Crippen LogP contribution >= 0.6 is 11.3 Å². The Bertz CT molecular complexity index is 524. The van der Waals surface area contributed by atoms with Gasteiger partial charge in [-0.2, -0.15) is 0 Å². The fourth-order valence-electron chi connectivity index (χ4n) is 1.65. The molecule has 0 fully saturated rings. The lowest BCUT2D eigenvalue weighted by Gasteiger charge is -2.08. The van der Waals surface area contributed by atoms with Gasteiger partial charge in [0.2, 0.25) is 0 Å². The Morgan fingerprint density at radius 1 is 1.33 bits per heavy atom. The lowest BCUT2D eigenvalue weighted by atomic mass is 10.2. The van der Waals surface area contributed by atoms with Crippen LogP contribution in [0.4, 0.5) is 0 Å². The van der Waals surface area contributed by atoms with Crippen molar-refractivity contribution in [2.45, 2.75) is 20.3 Å². The van der Waals surface area contributed by atoms with Crippen LogP contribution in [0.3, 0.4) is 0 Å². The fourth-order valence-corrected chi connectivity index (χ4v) is 2.48. The predicted octanol–water partition coefficient (Wildman–Crippen LogP) is 2.77. The molecule has 0 atom stereocenters. The molecule has 0 saturated carbocycles. The average Bonchev–Trinajstić information content (AvgIpc) is 2.60. The van der Waals surface area contributed by atoms with E-state index >= 15 is 0 Å². The van der Waals surface area contributed by atoms with Gasteiger partial charge < -0.3 is 0 Å². The summed E-state index contributed by atoms with van der Waals surface area (Å²) in [7, 11) is 0. The molecule has 0 N–H and O–H groups in total. The Morgan fingerprint density at radius 3 is 2.73 bits per heavy atom. The van der Waals surface area contributed by atoms with Gasteiger partial charge in [-0.25, -0.2) is 0 Å². The van der Waals surface area contributed by atoms with E-state index < -0.39 is 0 Å². The summed E-state index contributed by atoms with van der Waals surface area (Å²) in [5.74, 6) is 0. The first-order valence-corrected chi connectivity index (χ1v) is 5.87. The lowest BCUT2D eigenvalue weighted by molar-refractivity contribution is 0.906. The van der Waals surface area contributed by atoms with Gasteiger partial charge in [0.1, 0.15) is 0 Å². The molecule has 0 amide bonds. The van der Waals surface area contributed by atoms with Gasteiger partial charge in [-0.3, -0.25) is 9.36 Å². The minimum atomic E-state index is 0.0983. The minimum absolute atomic E-state index is 0.0983. The van der Waals surface area contributed by atoms with Crippen molar-refractivity contribution in [3.63, 3.8) is 0 Å². The maximum absolute atomic E-state index is 11.7. The number of thiazole rings is 1. The van der Waals surface area contributed by atoms with Crippen LogP contribution < -0.4 is 4.87 Å². The average molecular weight is 219 g/mol. The van der Waals surface area contributed by atoms with E-state index in [4.69, 9.17) is 0 Å². The molecule has 15 heavy (non-hydrogen) atoms. The van der Waals surface area contributed by atoms with Gasteiger partial charge in [0, 0.05) is 11.1 Å². The fraction of sp³-hybridized carbons (Fsp3) is 0.250. The highest BCUT2D eigenvalue weighted by atomic mass is 32.1. The molecule has 0 aliphatic carbocycles. The number of benzene rings is 1. The molecule has 0 aliphatic heterocycles. The molecule has 0 radical (unpaired) electrons. The Balaban J connectivity index is 2.68. The van der Waals surface area contributed by atoms with Crippen LogP contribution in [0.25, 0.3) is 5.69 Å². The van der Waals surface area contributed by atoms with Gasteiger partial charge >= 0.3 is 4.87 Å². The van der Waals surface area contributed by atoms with Crippen LogP contribution in [0.2, 0.25) is 0 Å².